The van der Waals surface area contributed by atoms with Crippen molar-refractivity contribution in [2.24, 2.45) is 0 Å². The van der Waals surface area contributed by atoms with Crippen molar-refractivity contribution in [3.8, 4) is 0 Å². The highest BCUT2D eigenvalue weighted by Crippen LogP contribution is 2.35. The number of aromatic nitrogens is 2. The number of likely N-dealkylation sites (N-methyl/N-ethyl adjacent to an activating group) is 1. The van der Waals surface area contributed by atoms with Crippen LogP contribution in [-0.2, 0) is 19.4 Å². The number of anilines is 3. The zero-order chi connectivity index (χ0) is 35.7. The molecule has 1 aliphatic heterocycles. The molecule has 0 aliphatic carbocycles. The summed E-state index contributed by atoms with van der Waals surface area (Å²) in [6.07, 6.45) is -5.08. The number of carbonyl (C=O) groups is 2. The average molecular weight is 709 g/mol. The van der Waals surface area contributed by atoms with Gasteiger partial charge in [-0.3, -0.25) is 14.7 Å². The molecule has 49 heavy (non-hydrogen) atoms. The lowest BCUT2D eigenvalue weighted by Crippen LogP contribution is -2.50. The van der Waals surface area contributed by atoms with Gasteiger partial charge < -0.3 is 25.2 Å². The summed E-state index contributed by atoms with van der Waals surface area (Å²) in [6, 6.07) is 8.49. The molecule has 1 saturated heterocycles. The molecule has 262 valence electrons. The number of hydrogen-bond donors (Lipinski definition) is 3. The molecule has 3 aromatic carbocycles. The Morgan fingerprint density at radius 3 is 2.31 bits per heavy atom. The van der Waals surface area contributed by atoms with Gasteiger partial charge in [0.2, 0.25) is 9.84 Å². The van der Waals surface area contributed by atoms with Crippen molar-refractivity contribution in [3.63, 3.8) is 0 Å². The van der Waals surface area contributed by atoms with Gasteiger partial charge in [-0.1, -0.05) is 0 Å². The Morgan fingerprint density at radius 1 is 1.00 bits per heavy atom. The van der Waals surface area contributed by atoms with Crippen LogP contribution in [0, 0.1) is 11.6 Å². The van der Waals surface area contributed by atoms with E-state index < -0.39 is 50.4 Å². The highest BCUT2D eigenvalue weighted by atomic mass is 32.2. The quantitative estimate of drug-likeness (QED) is 0.188. The number of halogens is 5. The number of H-pyrrole nitrogens is 1. The van der Waals surface area contributed by atoms with Crippen molar-refractivity contribution in [2.45, 2.75) is 47.8 Å². The molecule has 1 aromatic heterocycles. The molecular weight excluding hydrogens is 675 g/mol. The molecule has 3 N–H and O–H groups in total. The number of amides is 2. The Hall–Kier alpha value is -4.61. The van der Waals surface area contributed by atoms with Gasteiger partial charge in [0, 0.05) is 49.0 Å². The van der Waals surface area contributed by atoms with Crippen molar-refractivity contribution >= 4 is 49.7 Å². The number of alkyl halides is 3. The van der Waals surface area contributed by atoms with Crippen molar-refractivity contribution in [1.29, 1.82) is 0 Å². The Balaban J connectivity index is 1.56. The van der Waals surface area contributed by atoms with Gasteiger partial charge in [-0.25, -0.2) is 17.2 Å². The summed E-state index contributed by atoms with van der Waals surface area (Å²) < 4.78 is 102. The van der Waals surface area contributed by atoms with E-state index in [-0.39, 0.29) is 65.0 Å². The minimum atomic E-state index is -5.27. The molecule has 1 atom stereocenters. The second-order valence-electron chi connectivity index (χ2n) is 11.9. The van der Waals surface area contributed by atoms with E-state index in [0.29, 0.717) is 35.3 Å². The number of nitrogens with one attached hydrogen (secondary N) is 3. The number of carbonyl (C=O) groups excluding carboxylic acids is 2. The zero-order valence-electron chi connectivity index (χ0n) is 26.6. The average Bonchev–Trinajstić information content (AvgIpc) is 3.42. The lowest BCUT2D eigenvalue weighted by atomic mass is 10.0. The third kappa shape index (κ3) is 8.00. The predicted molar refractivity (Wildman–Crippen MR) is 171 cm³/mol. The van der Waals surface area contributed by atoms with Gasteiger partial charge >= 0.3 is 12.1 Å². The summed E-state index contributed by atoms with van der Waals surface area (Å²) in [5, 5.41) is 12.5. The van der Waals surface area contributed by atoms with Crippen LogP contribution in [0.25, 0.3) is 10.9 Å². The maximum atomic E-state index is 14.1. The molecular formula is C32H33F5N6O5S. The molecule has 5 rings (SSSR count). The van der Waals surface area contributed by atoms with Gasteiger partial charge in [-0.15, -0.1) is 0 Å². The SMILES string of the molecule is CC(CN(C)C)Nc1ccc(C(=O)Nc2n[nH]c3ccc(S(=O)(=O)c4cc(F)cc(F)c4)cc23)c(N(C(=O)C(F)(F)F)C2CCOCC2)c1. The summed E-state index contributed by atoms with van der Waals surface area (Å²) in [4.78, 5) is 28.3. The van der Waals surface area contributed by atoms with Crippen LogP contribution in [0.5, 0.6) is 0 Å². The standard InChI is InChI=1S/C32H33F5N6O5S/c1-18(17-42(2)3)38-21-4-6-25(28(15-21)43(31(45)32(35,36)37)22-8-10-48-11-9-22)30(44)39-29-26-16-23(5-7-27(26)40-41-29)49(46,47)24-13-19(33)12-20(34)14-24/h4-7,12-16,18,22,38H,8-11,17H2,1-3H3,(H2,39,40,41,44). The maximum absolute atomic E-state index is 14.1. The van der Waals surface area contributed by atoms with E-state index >= 15 is 0 Å². The summed E-state index contributed by atoms with van der Waals surface area (Å²) in [6.45, 7) is 2.65. The monoisotopic (exact) mass is 708 g/mol. The number of hydrogen-bond acceptors (Lipinski definition) is 8. The van der Waals surface area contributed by atoms with Crippen molar-refractivity contribution < 1.29 is 44.7 Å². The minimum absolute atomic E-state index is 0.0799. The van der Waals surface area contributed by atoms with Crippen molar-refractivity contribution in [1.82, 2.24) is 15.1 Å². The normalized spacial score (nSPS) is 15.0. The molecule has 1 aliphatic rings. The fourth-order valence-corrected chi connectivity index (χ4v) is 7.02. The van der Waals surface area contributed by atoms with Crippen LogP contribution in [-0.4, -0.2) is 87.4 Å². The van der Waals surface area contributed by atoms with Gasteiger partial charge in [0.1, 0.15) is 11.6 Å². The van der Waals surface area contributed by atoms with Crippen LogP contribution in [0.4, 0.5) is 39.1 Å². The molecule has 0 saturated carbocycles. The maximum Gasteiger partial charge on any atom is 0.471 e. The second-order valence-corrected chi connectivity index (χ2v) is 13.8. The van der Waals surface area contributed by atoms with Gasteiger partial charge in [0.15, 0.2) is 5.82 Å². The van der Waals surface area contributed by atoms with Crippen LogP contribution in [0.1, 0.15) is 30.1 Å². The lowest BCUT2D eigenvalue weighted by Gasteiger charge is -2.36. The summed E-state index contributed by atoms with van der Waals surface area (Å²) in [5.74, 6) is -5.47. The second kappa shape index (κ2) is 14.1. The molecule has 2 amide bonds. The van der Waals surface area contributed by atoms with Gasteiger partial charge in [0.25, 0.3) is 5.91 Å². The third-order valence-corrected chi connectivity index (χ3v) is 9.52. The molecule has 1 unspecified atom stereocenters. The zero-order valence-corrected chi connectivity index (χ0v) is 27.4. The number of rotatable bonds is 10. The Kier molecular flexibility index (Phi) is 10.3. The molecule has 4 aromatic rings. The van der Waals surface area contributed by atoms with E-state index in [1.807, 2.05) is 25.9 Å². The molecule has 1 fully saturated rings. The number of sulfone groups is 1. The molecule has 2 heterocycles. The Morgan fingerprint density at radius 2 is 1.67 bits per heavy atom. The van der Waals surface area contributed by atoms with E-state index in [1.165, 1.54) is 30.3 Å². The number of nitrogens with zero attached hydrogens (tertiary/aromatic N) is 3. The van der Waals surface area contributed by atoms with E-state index in [1.54, 1.807) is 0 Å². The highest BCUT2D eigenvalue weighted by Gasteiger charge is 2.46. The number of ether oxygens (including phenoxy) is 1. The molecule has 0 radical (unpaired) electrons. The first kappa shape index (κ1) is 35.7. The molecule has 17 heteroatoms. The van der Waals surface area contributed by atoms with Crippen molar-refractivity contribution in [3.05, 3.63) is 71.8 Å². The summed E-state index contributed by atoms with van der Waals surface area (Å²) in [5.41, 5.74) is 0.0438. The predicted octanol–water partition coefficient (Wildman–Crippen LogP) is 5.36. The van der Waals surface area contributed by atoms with Crippen LogP contribution < -0.4 is 15.5 Å². The third-order valence-electron chi connectivity index (χ3n) is 7.79. The first-order chi connectivity index (χ1) is 23.0. The minimum Gasteiger partial charge on any atom is -0.381 e. The number of fused-ring (bicyclic) bond motifs is 1. The molecule has 11 nitrogen and oxygen atoms in total. The van der Waals surface area contributed by atoms with E-state index in [4.69, 9.17) is 4.74 Å². The van der Waals surface area contributed by atoms with Crippen LogP contribution >= 0.6 is 0 Å². The fraction of sp³-hybridized carbons (Fsp3) is 0.344. The Labute approximate surface area is 278 Å². The number of aromatic amines is 1. The van der Waals surface area contributed by atoms with Gasteiger partial charge in [-0.05, 0) is 82.4 Å². The van der Waals surface area contributed by atoms with Gasteiger partial charge in [-0.2, -0.15) is 18.3 Å². The summed E-state index contributed by atoms with van der Waals surface area (Å²) in [7, 11) is -0.729. The topological polar surface area (TPSA) is 137 Å². The lowest BCUT2D eigenvalue weighted by molar-refractivity contribution is -0.171. The van der Waals surface area contributed by atoms with E-state index in [0.717, 1.165) is 6.07 Å². The van der Waals surface area contributed by atoms with E-state index in [9.17, 15) is 40.0 Å². The first-order valence-electron chi connectivity index (χ1n) is 15.1. The van der Waals surface area contributed by atoms with Crippen LogP contribution in [0.3, 0.4) is 0 Å². The highest BCUT2D eigenvalue weighted by molar-refractivity contribution is 7.91. The Bertz CT molecular complexity index is 1960. The van der Waals surface area contributed by atoms with E-state index in [2.05, 4.69) is 20.8 Å². The van der Waals surface area contributed by atoms with Crippen molar-refractivity contribution in [2.75, 3.05) is 49.4 Å². The van der Waals surface area contributed by atoms with Gasteiger partial charge in [0.05, 0.1) is 26.6 Å². The smallest absolute Gasteiger partial charge is 0.381 e. The van der Waals surface area contributed by atoms with Crippen LogP contribution in [0.2, 0.25) is 0 Å². The molecule has 0 spiro atoms. The number of benzene rings is 3. The largest absolute Gasteiger partial charge is 0.471 e. The fourth-order valence-electron chi connectivity index (χ4n) is 5.69. The summed E-state index contributed by atoms with van der Waals surface area (Å²) >= 11 is 0. The van der Waals surface area contributed by atoms with Crippen LogP contribution in [0.15, 0.2) is 64.4 Å². The molecule has 0 bridgehead atoms. The first-order valence-corrected chi connectivity index (χ1v) is 16.6.